The first kappa shape index (κ1) is 10.2. The van der Waals surface area contributed by atoms with Crippen LogP contribution in [-0.4, -0.2) is 9.78 Å². The van der Waals surface area contributed by atoms with Crippen LogP contribution in [0.3, 0.4) is 0 Å². The molecule has 0 radical (unpaired) electrons. The third-order valence-corrected chi connectivity index (χ3v) is 2.35. The van der Waals surface area contributed by atoms with Gasteiger partial charge in [-0.3, -0.25) is 10.6 Å². The average Bonchev–Trinajstić information content (AvgIpc) is 2.09. The molecule has 0 aliphatic heterocycles. The van der Waals surface area contributed by atoms with Crippen LogP contribution in [0.2, 0.25) is 0 Å². The highest BCUT2D eigenvalue weighted by Crippen LogP contribution is 2.15. The first-order valence-corrected chi connectivity index (χ1v) is 4.61. The third kappa shape index (κ3) is 1.89. The fraction of sp³-hybridized carbons (Fsp3) is 0.429. The maximum atomic E-state index is 11.5. The molecule has 0 atom stereocenters. The maximum absolute atomic E-state index is 11.5. The molecule has 0 aliphatic carbocycles. The largest absolute Gasteiger partial charge is 0.321 e. The molecular formula is C7H11BrN4O. The molecule has 5 nitrogen and oxygen atoms in total. The number of nitrogens with zero attached hydrogens (tertiary/aromatic N) is 2. The molecule has 0 fully saturated rings. The summed E-state index contributed by atoms with van der Waals surface area (Å²) in [7, 11) is 0. The van der Waals surface area contributed by atoms with Crippen LogP contribution < -0.4 is 16.8 Å². The van der Waals surface area contributed by atoms with Crippen LogP contribution in [0.1, 0.15) is 19.9 Å². The fourth-order valence-corrected chi connectivity index (χ4v) is 1.31. The number of hydrogen-bond acceptors (Lipinski definition) is 4. The number of aromatic nitrogens is 2. The Morgan fingerprint density at radius 2 is 2.31 bits per heavy atom. The van der Waals surface area contributed by atoms with E-state index < -0.39 is 0 Å². The van der Waals surface area contributed by atoms with Crippen molar-refractivity contribution < 1.29 is 0 Å². The Morgan fingerprint density at radius 3 is 2.77 bits per heavy atom. The molecule has 0 saturated heterocycles. The van der Waals surface area contributed by atoms with Gasteiger partial charge in [0.25, 0.3) is 5.56 Å². The number of nitrogen functional groups attached to an aromatic ring is 1. The number of nitrogens with one attached hydrogen (secondary N) is 1. The molecular weight excluding hydrogens is 236 g/mol. The lowest BCUT2D eigenvalue weighted by Gasteiger charge is -2.10. The Hall–Kier alpha value is -0.880. The second-order valence-electron chi connectivity index (χ2n) is 2.86. The Morgan fingerprint density at radius 1 is 1.69 bits per heavy atom. The summed E-state index contributed by atoms with van der Waals surface area (Å²) in [5, 5.41) is 3.94. The predicted molar refractivity (Wildman–Crippen MR) is 54.4 cm³/mol. The van der Waals surface area contributed by atoms with Crippen LogP contribution in [0, 0.1) is 0 Å². The zero-order valence-corrected chi connectivity index (χ0v) is 9.00. The quantitative estimate of drug-likeness (QED) is 0.600. The molecule has 0 spiro atoms. The average molecular weight is 247 g/mol. The van der Waals surface area contributed by atoms with Gasteiger partial charge in [-0.2, -0.15) is 5.10 Å². The SMILES string of the molecule is CC(C)n1ncc(NN)c(Br)c1=O. The van der Waals surface area contributed by atoms with E-state index in [2.05, 4.69) is 26.5 Å². The van der Waals surface area contributed by atoms with E-state index in [0.717, 1.165) is 0 Å². The minimum absolute atomic E-state index is 0.0376. The monoisotopic (exact) mass is 246 g/mol. The van der Waals surface area contributed by atoms with Gasteiger partial charge in [-0.25, -0.2) is 4.68 Å². The molecule has 0 saturated carbocycles. The molecule has 0 amide bonds. The lowest BCUT2D eigenvalue weighted by atomic mass is 10.4. The molecule has 1 rings (SSSR count). The summed E-state index contributed by atoms with van der Waals surface area (Å²) in [6, 6.07) is 0.0376. The van der Waals surface area contributed by atoms with Crippen LogP contribution in [0.25, 0.3) is 0 Å². The van der Waals surface area contributed by atoms with Gasteiger partial charge < -0.3 is 5.43 Å². The van der Waals surface area contributed by atoms with Gasteiger partial charge in [0.1, 0.15) is 4.47 Å². The van der Waals surface area contributed by atoms with Gasteiger partial charge in [0.2, 0.25) is 0 Å². The molecule has 1 heterocycles. The number of hydrogen-bond donors (Lipinski definition) is 2. The van der Waals surface area contributed by atoms with Crippen molar-refractivity contribution in [2.45, 2.75) is 19.9 Å². The van der Waals surface area contributed by atoms with Crippen molar-refractivity contribution in [3.63, 3.8) is 0 Å². The van der Waals surface area contributed by atoms with Crippen molar-refractivity contribution in [3.8, 4) is 0 Å². The first-order chi connectivity index (χ1) is 6.07. The topological polar surface area (TPSA) is 72.9 Å². The van der Waals surface area contributed by atoms with Crippen LogP contribution >= 0.6 is 15.9 Å². The van der Waals surface area contributed by atoms with E-state index in [-0.39, 0.29) is 11.6 Å². The fourth-order valence-electron chi connectivity index (χ4n) is 0.913. The molecule has 0 aliphatic rings. The third-order valence-electron chi connectivity index (χ3n) is 1.59. The minimum atomic E-state index is -0.189. The number of nitrogens with two attached hydrogens (primary N) is 1. The molecule has 0 aromatic carbocycles. The second-order valence-corrected chi connectivity index (χ2v) is 3.65. The van der Waals surface area contributed by atoms with Gasteiger partial charge in [0, 0.05) is 0 Å². The minimum Gasteiger partial charge on any atom is -0.321 e. The number of halogens is 1. The van der Waals surface area contributed by atoms with Gasteiger partial charge >= 0.3 is 0 Å². The summed E-state index contributed by atoms with van der Waals surface area (Å²) in [6.07, 6.45) is 1.51. The summed E-state index contributed by atoms with van der Waals surface area (Å²) in [5.74, 6) is 5.18. The highest BCUT2D eigenvalue weighted by molar-refractivity contribution is 9.10. The van der Waals surface area contributed by atoms with Crippen molar-refractivity contribution in [3.05, 3.63) is 21.0 Å². The second kappa shape index (κ2) is 3.89. The Balaban J connectivity index is 3.32. The van der Waals surface area contributed by atoms with Crippen molar-refractivity contribution in [1.82, 2.24) is 9.78 Å². The van der Waals surface area contributed by atoms with E-state index in [4.69, 9.17) is 5.84 Å². The molecule has 13 heavy (non-hydrogen) atoms. The van der Waals surface area contributed by atoms with Gasteiger partial charge in [-0.1, -0.05) is 0 Å². The van der Waals surface area contributed by atoms with E-state index in [1.54, 1.807) is 0 Å². The first-order valence-electron chi connectivity index (χ1n) is 3.82. The zero-order chi connectivity index (χ0) is 10.0. The summed E-state index contributed by atoms with van der Waals surface area (Å²) in [5.41, 5.74) is 2.68. The summed E-state index contributed by atoms with van der Waals surface area (Å²) >= 11 is 3.14. The van der Waals surface area contributed by atoms with Gasteiger partial charge in [0.05, 0.1) is 17.9 Å². The Kier molecular flexibility index (Phi) is 3.05. The number of anilines is 1. The van der Waals surface area contributed by atoms with Crippen LogP contribution in [-0.2, 0) is 0 Å². The lowest BCUT2D eigenvalue weighted by Crippen LogP contribution is -2.26. The number of hydrazine groups is 1. The zero-order valence-electron chi connectivity index (χ0n) is 7.41. The van der Waals surface area contributed by atoms with Crippen molar-refractivity contribution in [2.75, 3.05) is 5.43 Å². The normalized spacial score (nSPS) is 10.5. The van der Waals surface area contributed by atoms with E-state index >= 15 is 0 Å². The Labute approximate surface area is 84.0 Å². The molecule has 72 valence electrons. The van der Waals surface area contributed by atoms with Crippen LogP contribution in [0.4, 0.5) is 5.69 Å². The highest BCUT2D eigenvalue weighted by Gasteiger charge is 2.09. The van der Waals surface area contributed by atoms with Crippen LogP contribution in [0.5, 0.6) is 0 Å². The van der Waals surface area contributed by atoms with E-state index in [0.29, 0.717) is 10.2 Å². The molecule has 6 heteroatoms. The maximum Gasteiger partial charge on any atom is 0.283 e. The summed E-state index contributed by atoms with van der Waals surface area (Å²) in [4.78, 5) is 11.5. The molecule has 0 bridgehead atoms. The van der Waals surface area contributed by atoms with E-state index in [9.17, 15) is 4.79 Å². The van der Waals surface area contributed by atoms with Crippen molar-refractivity contribution >= 4 is 21.6 Å². The molecule has 1 aromatic heterocycles. The Bertz CT molecular complexity index is 360. The summed E-state index contributed by atoms with van der Waals surface area (Å²) in [6.45, 7) is 3.77. The smallest absolute Gasteiger partial charge is 0.283 e. The van der Waals surface area contributed by atoms with Gasteiger partial charge in [-0.15, -0.1) is 0 Å². The standard InChI is InChI=1S/C7H11BrN4O/c1-4(2)12-7(13)6(8)5(11-9)3-10-12/h3-4,11H,9H2,1-2H3. The van der Waals surface area contributed by atoms with E-state index in [1.807, 2.05) is 13.8 Å². The van der Waals surface area contributed by atoms with Gasteiger partial charge in [0.15, 0.2) is 0 Å². The molecule has 3 N–H and O–H groups in total. The van der Waals surface area contributed by atoms with Crippen molar-refractivity contribution in [1.29, 1.82) is 0 Å². The van der Waals surface area contributed by atoms with E-state index in [1.165, 1.54) is 10.9 Å². The number of rotatable bonds is 2. The molecule has 1 aromatic rings. The van der Waals surface area contributed by atoms with Gasteiger partial charge in [-0.05, 0) is 29.8 Å². The highest BCUT2D eigenvalue weighted by atomic mass is 79.9. The van der Waals surface area contributed by atoms with Crippen molar-refractivity contribution in [2.24, 2.45) is 5.84 Å². The molecule has 0 unspecified atom stereocenters. The summed E-state index contributed by atoms with van der Waals surface area (Å²) < 4.78 is 1.78. The predicted octanol–water partition coefficient (Wildman–Crippen LogP) is 0.872. The lowest BCUT2D eigenvalue weighted by molar-refractivity contribution is 0.501. The van der Waals surface area contributed by atoms with Crippen LogP contribution in [0.15, 0.2) is 15.5 Å².